The molecular formula is C22H26N2O2. The van der Waals surface area contributed by atoms with Crippen molar-refractivity contribution in [1.29, 1.82) is 0 Å². The number of nitrogens with one attached hydrogen (secondary N) is 1. The Kier molecular flexibility index (Phi) is 4.93. The quantitative estimate of drug-likeness (QED) is 0.835. The monoisotopic (exact) mass is 350 g/mol. The predicted molar refractivity (Wildman–Crippen MR) is 105 cm³/mol. The molecule has 1 atom stereocenters. The van der Waals surface area contributed by atoms with E-state index in [0.717, 1.165) is 37.1 Å². The molecule has 0 saturated heterocycles. The molecule has 0 radical (unpaired) electrons. The van der Waals surface area contributed by atoms with Crippen molar-refractivity contribution in [2.75, 3.05) is 37.0 Å². The second-order valence-corrected chi connectivity index (χ2v) is 7.17. The third-order valence-corrected chi connectivity index (χ3v) is 5.48. The van der Waals surface area contributed by atoms with Gasteiger partial charge in [0.2, 0.25) is 5.91 Å². The standard InChI is InChI=1S/C22H26N2O2/c1-26-13-5-12-24-21-8-3-2-6-18(21)14-19(22(24)25)17-10-9-16-7-4-11-23-20(16)15-17/h2-3,6,8-10,15,19,23H,4-5,7,11-14H2,1H3. The van der Waals surface area contributed by atoms with Crippen LogP contribution in [0.25, 0.3) is 0 Å². The maximum atomic E-state index is 13.3. The van der Waals surface area contributed by atoms with Crippen molar-refractivity contribution < 1.29 is 9.53 Å². The lowest BCUT2D eigenvalue weighted by atomic mass is 9.85. The lowest BCUT2D eigenvalue weighted by Gasteiger charge is -2.35. The van der Waals surface area contributed by atoms with Crippen LogP contribution in [-0.4, -0.2) is 32.7 Å². The van der Waals surface area contributed by atoms with Crippen LogP contribution in [0.5, 0.6) is 0 Å². The Balaban J connectivity index is 1.66. The zero-order chi connectivity index (χ0) is 17.9. The number of fused-ring (bicyclic) bond motifs is 2. The predicted octanol–water partition coefficient (Wildman–Crippen LogP) is 3.75. The summed E-state index contributed by atoms with van der Waals surface area (Å²) in [6, 6.07) is 14.8. The van der Waals surface area contributed by atoms with Gasteiger partial charge in [-0.05, 0) is 54.5 Å². The van der Waals surface area contributed by atoms with Crippen LogP contribution in [0, 0.1) is 0 Å². The SMILES string of the molecule is COCCCN1C(=O)C(c2ccc3c(c2)NCCC3)Cc2ccccc21. The Labute approximate surface area is 155 Å². The van der Waals surface area contributed by atoms with Crippen molar-refractivity contribution in [2.24, 2.45) is 0 Å². The molecule has 1 unspecified atom stereocenters. The fourth-order valence-electron chi connectivity index (χ4n) is 4.11. The molecule has 2 aliphatic heterocycles. The first-order valence-corrected chi connectivity index (χ1v) is 9.53. The summed E-state index contributed by atoms with van der Waals surface area (Å²) in [5.41, 5.74) is 5.99. The minimum absolute atomic E-state index is 0.110. The fourth-order valence-corrected chi connectivity index (χ4v) is 4.11. The highest BCUT2D eigenvalue weighted by Crippen LogP contribution is 2.37. The van der Waals surface area contributed by atoms with Crippen LogP contribution in [0.15, 0.2) is 42.5 Å². The molecule has 0 aromatic heterocycles. The third-order valence-electron chi connectivity index (χ3n) is 5.48. The van der Waals surface area contributed by atoms with Crippen LogP contribution in [-0.2, 0) is 22.4 Å². The molecule has 0 fully saturated rings. The molecule has 0 spiro atoms. The van der Waals surface area contributed by atoms with E-state index in [4.69, 9.17) is 4.74 Å². The van der Waals surface area contributed by atoms with Gasteiger partial charge >= 0.3 is 0 Å². The van der Waals surface area contributed by atoms with Gasteiger partial charge in [0.15, 0.2) is 0 Å². The van der Waals surface area contributed by atoms with Gasteiger partial charge in [0.25, 0.3) is 0 Å². The summed E-state index contributed by atoms with van der Waals surface area (Å²) in [4.78, 5) is 15.3. The third kappa shape index (κ3) is 3.21. The Morgan fingerprint density at radius 3 is 2.96 bits per heavy atom. The van der Waals surface area contributed by atoms with Crippen LogP contribution in [0.4, 0.5) is 11.4 Å². The average Bonchev–Trinajstić information content (AvgIpc) is 2.69. The molecule has 2 aromatic rings. The number of ether oxygens (including phenoxy) is 1. The molecule has 2 aromatic carbocycles. The summed E-state index contributed by atoms with van der Waals surface area (Å²) in [5, 5.41) is 3.49. The summed E-state index contributed by atoms with van der Waals surface area (Å²) in [5.74, 6) is 0.0945. The highest BCUT2D eigenvalue weighted by molar-refractivity contribution is 6.01. The van der Waals surface area contributed by atoms with E-state index >= 15 is 0 Å². The van der Waals surface area contributed by atoms with Crippen LogP contribution in [0.3, 0.4) is 0 Å². The number of para-hydroxylation sites is 1. The van der Waals surface area contributed by atoms with Gasteiger partial charge in [0.05, 0.1) is 5.92 Å². The van der Waals surface area contributed by atoms with Crippen molar-refractivity contribution in [3.8, 4) is 0 Å². The molecule has 0 bridgehead atoms. The molecule has 1 N–H and O–H groups in total. The van der Waals surface area contributed by atoms with Crippen molar-refractivity contribution in [2.45, 2.75) is 31.6 Å². The first kappa shape index (κ1) is 17.1. The molecule has 136 valence electrons. The van der Waals surface area contributed by atoms with E-state index in [9.17, 15) is 4.79 Å². The van der Waals surface area contributed by atoms with Gasteiger partial charge in [-0.15, -0.1) is 0 Å². The number of anilines is 2. The van der Waals surface area contributed by atoms with Gasteiger partial charge in [-0.1, -0.05) is 30.3 Å². The van der Waals surface area contributed by atoms with E-state index in [2.05, 4.69) is 41.7 Å². The largest absolute Gasteiger partial charge is 0.385 e. The Morgan fingerprint density at radius 1 is 1.19 bits per heavy atom. The maximum Gasteiger partial charge on any atom is 0.234 e. The Bertz CT molecular complexity index is 802. The van der Waals surface area contributed by atoms with Crippen molar-refractivity contribution >= 4 is 17.3 Å². The van der Waals surface area contributed by atoms with Gasteiger partial charge < -0.3 is 15.0 Å². The second-order valence-electron chi connectivity index (χ2n) is 7.17. The highest BCUT2D eigenvalue weighted by atomic mass is 16.5. The summed E-state index contributed by atoms with van der Waals surface area (Å²) in [7, 11) is 1.70. The number of carbonyl (C=O) groups is 1. The molecule has 2 aliphatic rings. The number of benzene rings is 2. The minimum atomic E-state index is -0.110. The molecule has 2 heterocycles. The number of hydrogen-bond acceptors (Lipinski definition) is 3. The van der Waals surface area contributed by atoms with E-state index in [-0.39, 0.29) is 11.8 Å². The molecule has 1 amide bonds. The van der Waals surface area contributed by atoms with Crippen LogP contribution in [0.1, 0.15) is 35.4 Å². The average molecular weight is 350 g/mol. The number of aryl methyl sites for hydroxylation is 1. The second kappa shape index (κ2) is 7.50. The van der Waals surface area contributed by atoms with E-state index < -0.39 is 0 Å². The summed E-state index contributed by atoms with van der Waals surface area (Å²) in [6.45, 7) is 2.38. The number of rotatable bonds is 5. The molecule has 4 rings (SSSR count). The first-order chi connectivity index (χ1) is 12.8. The zero-order valence-corrected chi connectivity index (χ0v) is 15.3. The minimum Gasteiger partial charge on any atom is -0.385 e. The number of nitrogens with zero attached hydrogens (tertiary/aromatic N) is 1. The van der Waals surface area contributed by atoms with Gasteiger partial charge in [-0.25, -0.2) is 0 Å². The van der Waals surface area contributed by atoms with E-state index in [1.807, 2.05) is 11.0 Å². The fraction of sp³-hybridized carbons (Fsp3) is 0.409. The van der Waals surface area contributed by atoms with Crippen LogP contribution in [0.2, 0.25) is 0 Å². The molecule has 0 aliphatic carbocycles. The Hall–Kier alpha value is -2.33. The van der Waals surface area contributed by atoms with Crippen LogP contribution < -0.4 is 10.2 Å². The maximum absolute atomic E-state index is 13.3. The Morgan fingerprint density at radius 2 is 2.08 bits per heavy atom. The molecule has 0 saturated carbocycles. The van der Waals surface area contributed by atoms with Gasteiger partial charge in [-0.3, -0.25) is 4.79 Å². The number of amides is 1. The summed E-state index contributed by atoms with van der Waals surface area (Å²) >= 11 is 0. The van der Waals surface area contributed by atoms with Crippen molar-refractivity contribution in [3.63, 3.8) is 0 Å². The summed E-state index contributed by atoms with van der Waals surface area (Å²) in [6.07, 6.45) is 3.91. The van der Waals surface area contributed by atoms with E-state index in [1.54, 1.807) is 7.11 Å². The van der Waals surface area contributed by atoms with Crippen molar-refractivity contribution in [1.82, 2.24) is 0 Å². The van der Waals surface area contributed by atoms with Gasteiger partial charge in [-0.2, -0.15) is 0 Å². The smallest absolute Gasteiger partial charge is 0.234 e. The van der Waals surface area contributed by atoms with Crippen LogP contribution >= 0.6 is 0 Å². The number of carbonyl (C=O) groups excluding carboxylic acids is 1. The van der Waals surface area contributed by atoms with E-state index in [0.29, 0.717) is 13.2 Å². The topological polar surface area (TPSA) is 41.6 Å². The number of methoxy groups -OCH3 is 1. The molecule has 26 heavy (non-hydrogen) atoms. The normalized spacial score (nSPS) is 18.9. The molecular weight excluding hydrogens is 324 g/mol. The zero-order valence-electron chi connectivity index (χ0n) is 15.3. The molecule has 4 heteroatoms. The lowest BCUT2D eigenvalue weighted by Crippen LogP contribution is -2.41. The highest BCUT2D eigenvalue weighted by Gasteiger charge is 2.33. The number of hydrogen-bond donors (Lipinski definition) is 1. The van der Waals surface area contributed by atoms with Gasteiger partial charge in [0, 0.05) is 38.2 Å². The van der Waals surface area contributed by atoms with E-state index in [1.165, 1.54) is 23.2 Å². The molecule has 4 nitrogen and oxygen atoms in total. The van der Waals surface area contributed by atoms with Gasteiger partial charge in [0.1, 0.15) is 0 Å². The van der Waals surface area contributed by atoms with Crippen molar-refractivity contribution in [3.05, 3.63) is 59.2 Å². The summed E-state index contributed by atoms with van der Waals surface area (Å²) < 4.78 is 5.18. The lowest BCUT2D eigenvalue weighted by molar-refractivity contribution is -0.120. The first-order valence-electron chi connectivity index (χ1n) is 9.53.